The molecule has 0 radical (unpaired) electrons. The number of carbonyl (C=O) groups excluding carboxylic acids is 1. The van der Waals surface area contributed by atoms with E-state index in [0.29, 0.717) is 6.10 Å². The number of rotatable bonds is 6. The number of amides is 1. The van der Waals surface area contributed by atoms with Gasteiger partial charge in [-0.2, -0.15) is 0 Å². The van der Waals surface area contributed by atoms with Crippen LogP contribution in [-0.2, 0) is 9.53 Å². The third-order valence-electron chi connectivity index (χ3n) is 3.15. The van der Waals surface area contributed by atoms with Gasteiger partial charge >= 0.3 is 0 Å². The molecule has 1 aliphatic heterocycles. The second-order valence-electron chi connectivity index (χ2n) is 4.23. The van der Waals surface area contributed by atoms with Crippen LogP contribution in [0.15, 0.2) is 0 Å². The second-order valence-corrected chi connectivity index (χ2v) is 4.23. The first-order chi connectivity index (χ1) is 7.27. The van der Waals surface area contributed by atoms with E-state index < -0.39 is 0 Å². The summed E-state index contributed by atoms with van der Waals surface area (Å²) in [7, 11) is 0. The van der Waals surface area contributed by atoms with E-state index in [-0.39, 0.29) is 11.8 Å². The average molecular weight is 213 g/mol. The molecule has 0 spiro atoms. The quantitative estimate of drug-likeness (QED) is 0.734. The molecule has 15 heavy (non-hydrogen) atoms. The Kier molecular flexibility index (Phi) is 5.69. The Bertz CT molecular complexity index is 184. The van der Waals surface area contributed by atoms with E-state index in [1.807, 2.05) is 0 Å². The lowest BCUT2D eigenvalue weighted by Crippen LogP contribution is -2.32. The summed E-state index contributed by atoms with van der Waals surface area (Å²) in [6.07, 6.45) is 5.54. The summed E-state index contributed by atoms with van der Waals surface area (Å²) in [5.41, 5.74) is 0. The Balaban J connectivity index is 2.10. The van der Waals surface area contributed by atoms with Gasteiger partial charge in [0.2, 0.25) is 5.91 Å². The summed E-state index contributed by atoms with van der Waals surface area (Å²) in [6, 6.07) is 0. The molecule has 1 heterocycles. The van der Waals surface area contributed by atoms with Gasteiger partial charge in [-0.3, -0.25) is 4.79 Å². The molecule has 1 saturated heterocycles. The van der Waals surface area contributed by atoms with Gasteiger partial charge in [0.1, 0.15) is 0 Å². The van der Waals surface area contributed by atoms with Gasteiger partial charge in [0.05, 0.1) is 6.10 Å². The topological polar surface area (TPSA) is 38.3 Å². The van der Waals surface area contributed by atoms with E-state index in [9.17, 15) is 4.79 Å². The maximum absolute atomic E-state index is 11.6. The highest BCUT2D eigenvalue weighted by Gasteiger charge is 2.17. The lowest BCUT2D eigenvalue weighted by molar-refractivity contribution is -0.125. The number of ether oxygens (including phenoxy) is 1. The highest BCUT2D eigenvalue weighted by Crippen LogP contribution is 2.14. The SMILES string of the molecule is CCC(CC)C(=O)NCCC1CCCO1. The number of carbonyl (C=O) groups is 1. The summed E-state index contributed by atoms with van der Waals surface area (Å²) in [5.74, 6) is 0.396. The average Bonchev–Trinajstić information content (AvgIpc) is 2.72. The van der Waals surface area contributed by atoms with Crippen LogP contribution in [0.25, 0.3) is 0 Å². The van der Waals surface area contributed by atoms with Crippen molar-refractivity contribution >= 4 is 5.91 Å². The molecule has 1 unspecified atom stereocenters. The van der Waals surface area contributed by atoms with E-state index in [1.54, 1.807) is 0 Å². The Morgan fingerprint density at radius 2 is 2.20 bits per heavy atom. The molecule has 3 heteroatoms. The molecule has 1 amide bonds. The predicted molar refractivity (Wildman–Crippen MR) is 60.7 cm³/mol. The van der Waals surface area contributed by atoms with E-state index in [1.165, 1.54) is 6.42 Å². The lowest BCUT2D eigenvalue weighted by Gasteiger charge is -2.14. The Morgan fingerprint density at radius 1 is 1.47 bits per heavy atom. The molecule has 88 valence electrons. The molecule has 1 N–H and O–H groups in total. The molecular weight excluding hydrogens is 190 g/mol. The molecule has 1 rings (SSSR count). The zero-order valence-electron chi connectivity index (χ0n) is 9.92. The van der Waals surface area contributed by atoms with Gasteiger partial charge in [-0.15, -0.1) is 0 Å². The predicted octanol–water partition coefficient (Wildman–Crippen LogP) is 2.11. The van der Waals surface area contributed by atoms with Crippen LogP contribution in [0.3, 0.4) is 0 Å². The van der Waals surface area contributed by atoms with Gasteiger partial charge in [0.15, 0.2) is 0 Å². The summed E-state index contributed by atoms with van der Waals surface area (Å²) < 4.78 is 5.50. The lowest BCUT2D eigenvalue weighted by atomic mass is 10.0. The molecule has 0 aromatic rings. The normalized spacial score (nSPS) is 20.9. The number of hydrogen-bond donors (Lipinski definition) is 1. The molecular formula is C12H23NO2. The minimum atomic E-state index is 0.189. The molecule has 1 fully saturated rings. The van der Waals surface area contributed by atoms with Gasteiger partial charge in [-0.25, -0.2) is 0 Å². The third-order valence-corrected chi connectivity index (χ3v) is 3.15. The highest BCUT2D eigenvalue weighted by atomic mass is 16.5. The van der Waals surface area contributed by atoms with Crippen molar-refractivity contribution < 1.29 is 9.53 Å². The van der Waals surface area contributed by atoms with Crippen LogP contribution in [0.1, 0.15) is 46.0 Å². The molecule has 0 aromatic heterocycles. The molecule has 1 aliphatic rings. The Morgan fingerprint density at radius 3 is 2.73 bits per heavy atom. The molecule has 0 aliphatic carbocycles. The summed E-state index contributed by atoms with van der Waals surface area (Å²) in [5, 5.41) is 2.99. The van der Waals surface area contributed by atoms with Crippen LogP contribution in [0.2, 0.25) is 0 Å². The van der Waals surface area contributed by atoms with Crippen LogP contribution in [-0.4, -0.2) is 25.2 Å². The second kappa shape index (κ2) is 6.83. The van der Waals surface area contributed by atoms with Crippen molar-refractivity contribution in [1.82, 2.24) is 5.32 Å². The summed E-state index contributed by atoms with van der Waals surface area (Å²) >= 11 is 0. The maximum atomic E-state index is 11.6. The first kappa shape index (κ1) is 12.5. The standard InChI is InChI=1S/C12H23NO2/c1-3-10(4-2)12(14)13-8-7-11-6-5-9-15-11/h10-11H,3-9H2,1-2H3,(H,13,14). The molecule has 0 saturated carbocycles. The van der Waals surface area contributed by atoms with Gasteiger partial charge in [-0.05, 0) is 32.1 Å². The fraction of sp³-hybridized carbons (Fsp3) is 0.917. The van der Waals surface area contributed by atoms with E-state index in [2.05, 4.69) is 19.2 Å². The summed E-state index contributed by atoms with van der Waals surface area (Å²) in [6.45, 7) is 5.78. The van der Waals surface area contributed by atoms with Crippen molar-refractivity contribution in [2.24, 2.45) is 5.92 Å². The van der Waals surface area contributed by atoms with Gasteiger partial charge in [0, 0.05) is 19.1 Å². The Labute approximate surface area is 92.6 Å². The highest BCUT2D eigenvalue weighted by molar-refractivity contribution is 5.78. The van der Waals surface area contributed by atoms with Crippen molar-refractivity contribution in [2.75, 3.05) is 13.2 Å². The fourth-order valence-electron chi connectivity index (χ4n) is 2.03. The first-order valence-corrected chi connectivity index (χ1v) is 6.17. The van der Waals surface area contributed by atoms with Crippen molar-refractivity contribution in [1.29, 1.82) is 0 Å². The van der Waals surface area contributed by atoms with E-state index >= 15 is 0 Å². The zero-order valence-corrected chi connectivity index (χ0v) is 9.92. The largest absolute Gasteiger partial charge is 0.378 e. The van der Waals surface area contributed by atoms with Crippen LogP contribution < -0.4 is 5.32 Å². The van der Waals surface area contributed by atoms with Crippen molar-refractivity contribution in [2.45, 2.75) is 52.1 Å². The van der Waals surface area contributed by atoms with E-state index in [0.717, 1.165) is 38.8 Å². The minimum absolute atomic E-state index is 0.189. The zero-order chi connectivity index (χ0) is 11.1. The molecule has 0 bridgehead atoms. The molecule has 3 nitrogen and oxygen atoms in total. The van der Waals surface area contributed by atoms with Crippen LogP contribution in [0, 0.1) is 5.92 Å². The monoisotopic (exact) mass is 213 g/mol. The van der Waals surface area contributed by atoms with E-state index in [4.69, 9.17) is 4.74 Å². The van der Waals surface area contributed by atoms with Gasteiger partial charge in [-0.1, -0.05) is 13.8 Å². The first-order valence-electron chi connectivity index (χ1n) is 6.17. The molecule has 1 atom stereocenters. The van der Waals surface area contributed by atoms with Crippen LogP contribution in [0.4, 0.5) is 0 Å². The minimum Gasteiger partial charge on any atom is -0.378 e. The smallest absolute Gasteiger partial charge is 0.223 e. The molecule has 0 aromatic carbocycles. The Hall–Kier alpha value is -0.570. The summed E-state index contributed by atoms with van der Waals surface area (Å²) in [4.78, 5) is 11.6. The fourth-order valence-corrected chi connectivity index (χ4v) is 2.03. The van der Waals surface area contributed by atoms with Crippen molar-refractivity contribution in [3.05, 3.63) is 0 Å². The van der Waals surface area contributed by atoms with Crippen molar-refractivity contribution in [3.63, 3.8) is 0 Å². The number of nitrogens with one attached hydrogen (secondary N) is 1. The van der Waals surface area contributed by atoms with Gasteiger partial charge in [0.25, 0.3) is 0 Å². The van der Waals surface area contributed by atoms with Crippen LogP contribution in [0.5, 0.6) is 0 Å². The van der Waals surface area contributed by atoms with Crippen molar-refractivity contribution in [3.8, 4) is 0 Å². The van der Waals surface area contributed by atoms with Crippen LogP contribution >= 0.6 is 0 Å². The number of hydrogen-bond acceptors (Lipinski definition) is 2. The van der Waals surface area contributed by atoms with Gasteiger partial charge < -0.3 is 10.1 Å². The third kappa shape index (κ3) is 4.20. The maximum Gasteiger partial charge on any atom is 0.223 e.